The lowest BCUT2D eigenvalue weighted by atomic mass is 10.1. The fourth-order valence-electron chi connectivity index (χ4n) is 1.66. The van der Waals surface area contributed by atoms with Gasteiger partial charge in [-0.25, -0.2) is 0 Å². The van der Waals surface area contributed by atoms with E-state index in [1.54, 1.807) is 0 Å². The van der Waals surface area contributed by atoms with Crippen molar-refractivity contribution in [1.82, 2.24) is 5.32 Å². The first-order chi connectivity index (χ1) is 9.22. The van der Waals surface area contributed by atoms with E-state index >= 15 is 0 Å². The lowest BCUT2D eigenvalue weighted by Crippen LogP contribution is -2.25. The zero-order valence-corrected chi connectivity index (χ0v) is 12.2. The number of carbonyl (C=O) groups excluding carboxylic acids is 1. The fourth-order valence-corrected chi connectivity index (χ4v) is 1.77. The molecule has 0 bridgehead atoms. The predicted molar refractivity (Wildman–Crippen MR) is 78.7 cm³/mol. The molecule has 1 amide bonds. The molecule has 0 atom stereocenters. The Morgan fingerprint density at radius 2 is 2.00 bits per heavy atom. The lowest BCUT2D eigenvalue weighted by molar-refractivity contribution is -0.121. The van der Waals surface area contributed by atoms with Crippen molar-refractivity contribution in [3.8, 4) is 0 Å². The van der Waals surface area contributed by atoms with Crippen molar-refractivity contribution in [3.63, 3.8) is 0 Å². The Bertz CT molecular complexity index is 365. The molecule has 4 heteroatoms. The van der Waals surface area contributed by atoms with Crippen LogP contribution in [0.2, 0.25) is 0 Å². The number of ether oxygens (including phenoxy) is 1. The van der Waals surface area contributed by atoms with Crippen LogP contribution < -0.4 is 5.32 Å². The van der Waals surface area contributed by atoms with E-state index in [1.165, 1.54) is 11.1 Å². The molecule has 0 unspecified atom stereocenters. The number of alkyl halides is 1. The van der Waals surface area contributed by atoms with Crippen LogP contribution in [0.3, 0.4) is 0 Å². The molecular formula is C15H22ClNO2. The molecule has 0 aliphatic carbocycles. The Hall–Kier alpha value is -1.06. The van der Waals surface area contributed by atoms with Crippen LogP contribution in [0, 0.1) is 6.92 Å². The zero-order valence-electron chi connectivity index (χ0n) is 11.5. The highest BCUT2D eigenvalue weighted by atomic mass is 35.5. The van der Waals surface area contributed by atoms with Gasteiger partial charge >= 0.3 is 0 Å². The van der Waals surface area contributed by atoms with Crippen molar-refractivity contribution < 1.29 is 9.53 Å². The SMILES string of the molecule is Cc1ccc(CCC(=O)NCCCOCCCl)cc1. The quantitative estimate of drug-likeness (QED) is 0.559. The maximum Gasteiger partial charge on any atom is 0.220 e. The maximum absolute atomic E-state index is 11.6. The van der Waals surface area contributed by atoms with Crippen LogP contribution in [0.15, 0.2) is 24.3 Å². The van der Waals surface area contributed by atoms with Crippen LogP contribution in [0.1, 0.15) is 24.0 Å². The van der Waals surface area contributed by atoms with Gasteiger partial charge in [0.1, 0.15) is 0 Å². The summed E-state index contributed by atoms with van der Waals surface area (Å²) in [4.78, 5) is 11.6. The molecule has 1 N–H and O–H groups in total. The number of halogens is 1. The second kappa shape index (κ2) is 9.82. The average Bonchev–Trinajstić information content (AvgIpc) is 2.42. The fraction of sp³-hybridized carbons (Fsp3) is 0.533. The zero-order chi connectivity index (χ0) is 13.9. The van der Waals surface area contributed by atoms with Gasteiger partial charge in [0.15, 0.2) is 0 Å². The summed E-state index contributed by atoms with van der Waals surface area (Å²) in [7, 11) is 0. The highest BCUT2D eigenvalue weighted by Gasteiger charge is 2.01. The van der Waals surface area contributed by atoms with Gasteiger partial charge in [0.25, 0.3) is 0 Å². The van der Waals surface area contributed by atoms with E-state index in [1.807, 2.05) is 0 Å². The second-order valence-corrected chi connectivity index (χ2v) is 4.87. The molecule has 0 saturated carbocycles. The monoisotopic (exact) mass is 283 g/mol. The third kappa shape index (κ3) is 7.85. The number of carbonyl (C=O) groups is 1. The van der Waals surface area contributed by atoms with Crippen LogP contribution in [-0.2, 0) is 16.0 Å². The Kier molecular flexibility index (Phi) is 8.26. The van der Waals surface area contributed by atoms with Crippen molar-refractivity contribution >= 4 is 17.5 Å². The summed E-state index contributed by atoms with van der Waals surface area (Å²) < 4.78 is 5.22. The van der Waals surface area contributed by atoms with E-state index in [-0.39, 0.29) is 5.91 Å². The first-order valence-electron chi connectivity index (χ1n) is 6.68. The Morgan fingerprint density at radius 3 is 2.68 bits per heavy atom. The van der Waals surface area contributed by atoms with Gasteiger partial charge in [-0.2, -0.15) is 0 Å². The molecule has 106 valence electrons. The first kappa shape index (κ1) is 16.0. The molecule has 1 rings (SSSR count). The van der Waals surface area contributed by atoms with Crippen molar-refractivity contribution in [2.24, 2.45) is 0 Å². The van der Waals surface area contributed by atoms with Crippen molar-refractivity contribution in [2.75, 3.05) is 25.6 Å². The number of amides is 1. The van der Waals surface area contributed by atoms with Crippen LogP contribution >= 0.6 is 11.6 Å². The van der Waals surface area contributed by atoms with Crippen LogP contribution in [0.4, 0.5) is 0 Å². The normalized spacial score (nSPS) is 10.4. The molecular weight excluding hydrogens is 262 g/mol. The molecule has 0 aliphatic heterocycles. The largest absolute Gasteiger partial charge is 0.380 e. The topological polar surface area (TPSA) is 38.3 Å². The number of rotatable bonds is 9. The van der Waals surface area contributed by atoms with E-state index < -0.39 is 0 Å². The molecule has 1 aromatic rings. The van der Waals surface area contributed by atoms with Gasteiger partial charge in [0.05, 0.1) is 6.61 Å². The van der Waals surface area contributed by atoms with Crippen LogP contribution in [0.5, 0.6) is 0 Å². The van der Waals surface area contributed by atoms with Gasteiger partial charge < -0.3 is 10.1 Å². The first-order valence-corrected chi connectivity index (χ1v) is 7.22. The van der Waals surface area contributed by atoms with Gasteiger partial charge in [0, 0.05) is 25.5 Å². The van der Waals surface area contributed by atoms with Gasteiger partial charge in [-0.1, -0.05) is 29.8 Å². The number of hydrogen-bond acceptors (Lipinski definition) is 2. The summed E-state index contributed by atoms with van der Waals surface area (Å²) in [6.07, 6.45) is 2.15. The molecule has 0 spiro atoms. The number of aryl methyl sites for hydroxylation is 2. The summed E-state index contributed by atoms with van der Waals surface area (Å²) in [6.45, 7) is 3.94. The molecule has 0 heterocycles. The average molecular weight is 284 g/mol. The Labute approximate surface area is 120 Å². The van der Waals surface area contributed by atoms with E-state index in [4.69, 9.17) is 16.3 Å². The lowest BCUT2D eigenvalue weighted by Gasteiger charge is -2.06. The van der Waals surface area contributed by atoms with Gasteiger partial charge in [-0.3, -0.25) is 4.79 Å². The highest BCUT2D eigenvalue weighted by molar-refractivity contribution is 6.17. The molecule has 3 nitrogen and oxygen atoms in total. The van der Waals surface area contributed by atoms with Crippen LogP contribution in [0.25, 0.3) is 0 Å². The standard InChI is InChI=1S/C15H22ClNO2/c1-13-3-5-14(6-4-13)7-8-15(18)17-10-2-11-19-12-9-16/h3-6H,2,7-12H2,1H3,(H,17,18). The minimum atomic E-state index is 0.0953. The molecule has 0 fully saturated rings. The Morgan fingerprint density at radius 1 is 1.26 bits per heavy atom. The molecule has 0 saturated heterocycles. The Balaban J connectivity index is 2.06. The summed E-state index contributed by atoms with van der Waals surface area (Å²) in [5.74, 6) is 0.612. The number of benzene rings is 1. The van der Waals surface area contributed by atoms with Crippen molar-refractivity contribution in [3.05, 3.63) is 35.4 Å². The minimum Gasteiger partial charge on any atom is -0.380 e. The van der Waals surface area contributed by atoms with E-state index in [0.29, 0.717) is 32.1 Å². The molecule has 1 aromatic carbocycles. The molecule has 19 heavy (non-hydrogen) atoms. The van der Waals surface area contributed by atoms with Crippen molar-refractivity contribution in [2.45, 2.75) is 26.2 Å². The van der Waals surface area contributed by atoms with E-state index in [9.17, 15) is 4.79 Å². The summed E-state index contributed by atoms with van der Waals surface area (Å²) in [5, 5.41) is 2.89. The number of hydrogen-bond donors (Lipinski definition) is 1. The highest BCUT2D eigenvalue weighted by Crippen LogP contribution is 2.05. The van der Waals surface area contributed by atoms with Crippen LogP contribution in [-0.4, -0.2) is 31.5 Å². The van der Waals surface area contributed by atoms with Gasteiger partial charge in [-0.05, 0) is 25.3 Å². The van der Waals surface area contributed by atoms with E-state index in [0.717, 1.165) is 12.8 Å². The maximum atomic E-state index is 11.6. The van der Waals surface area contributed by atoms with Gasteiger partial charge in [0.2, 0.25) is 5.91 Å². The smallest absolute Gasteiger partial charge is 0.220 e. The predicted octanol–water partition coefficient (Wildman–Crippen LogP) is 2.69. The second-order valence-electron chi connectivity index (χ2n) is 4.49. The summed E-state index contributed by atoms with van der Waals surface area (Å²) >= 11 is 5.48. The molecule has 0 aromatic heterocycles. The van der Waals surface area contributed by atoms with E-state index in [2.05, 4.69) is 36.5 Å². The van der Waals surface area contributed by atoms with Gasteiger partial charge in [-0.15, -0.1) is 11.6 Å². The third-order valence-electron chi connectivity index (χ3n) is 2.77. The third-order valence-corrected chi connectivity index (χ3v) is 2.92. The molecule has 0 aliphatic rings. The summed E-state index contributed by atoms with van der Waals surface area (Å²) in [5.41, 5.74) is 2.44. The van der Waals surface area contributed by atoms with Crippen molar-refractivity contribution in [1.29, 1.82) is 0 Å². The minimum absolute atomic E-state index is 0.0953. The molecule has 0 radical (unpaired) electrons. The number of nitrogens with one attached hydrogen (secondary N) is 1. The summed E-state index contributed by atoms with van der Waals surface area (Å²) in [6, 6.07) is 8.29.